The van der Waals surface area contributed by atoms with E-state index in [4.69, 9.17) is 10.8 Å². The highest BCUT2D eigenvalue weighted by Gasteiger charge is 2.32. The van der Waals surface area contributed by atoms with Crippen LogP contribution in [0.5, 0.6) is 5.75 Å². The molecule has 0 aliphatic heterocycles. The van der Waals surface area contributed by atoms with Crippen LogP contribution < -0.4 is 16.4 Å². The summed E-state index contributed by atoms with van der Waals surface area (Å²) in [6.07, 6.45) is -1.10. The average Bonchev–Trinajstić information content (AvgIpc) is 2.58. The third-order valence-electron chi connectivity index (χ3n) is 4.02. The number of aliphatic hydroxyl groups is 1. The maximum atomic E-state index is 12.3. The van der Waals surface area contributed by atoms with Crippen LogP contribution >= 0.6 is 0 Å². The predicted octanol–water partition coefficient (Wildman–Crippen LogP) is -0.647. The van der Waals surface area contributed by atoms with Gasteiger partial charge in [0.25, 0.3) is 0 Å². The number of aliphatic carboxylic acids is 1. The van der Waals surface area contributed by atoms with E-state index in [1.165, 1.54) is 19.1 Å². The van der Waals surface area contributed by atoms with Gasteiger partial charge in [0.15, 0.2) is 0 Å². The molecule has 1 aromatic carbocycles. The van der Waals surface area contributed by atoms with Crippen molar-refractivity contribution < 1.29 is 29.7 Å². The van der Waals surface area contributed by atoms with Crippen LogP contribution in [0, 0.1) is 5.92 Å². The first-order chi connectivity index (χ1) is 12.5. The van der Waals surface area contributed by atoms with E-state index in [0.29, 0.717) is 5.56 Å². The Morgan fingerprint density at radius 1 is 1.00 bits per heavy atom. The minimum atomic E-state index is -1.34. The maximum absolute atomic E-state index is 12.3. The Bertz CT molecular complexity index is 660. The topological polar surface area (TPSA) is 162 Å². The lowest BCUT2D eigenvalue weighted by molar-refractivity contribution is -0.144. The monoisotopic (exact) mass is 381 g/mol. The van der Waals surface area contributed by atoms with Gasteiger partial charge in [-0.1, -0.05) is 26.0 Å². The fourth-order valence-corrected chi connectivity index (χ4v) is 2.40. The Balaban J connectivity index is 2.76. The molecule has 0 aliphatic rings. The number of aliphatic hydroxyl groups excluding tert-OH is 1. The summed E-state index contributed by atoms with van der Waals surface area (Å²) in [4.78, 5) is 35.9. The van der Waals surface area contributed by atoms with Gasteiger partial charge in [-0.25, -0.2) is 4.79 Å². The number of amides is 2. The minimum Gasteiger partial charge on any atom is -0.508 e. The molecule has 0 radical (unpaired) electrons. The standard InChI is InChI=1S/C18H27N3O6/c1-9(2)14(18(26)27)20-17(25)15(10(3)22)21-16(24)13(19)8-11-4-6-12(23)7-5-11/h4-7,9-10,13-15,22-23H,8,19H2,1-3H3,(H,20,25)(H,21,24)(H,26,27)/t10-,13+,14+,15+/m1/s1. The third-order valence-corrected chi connectivity index (χ3v) is 4.02. The largest absolute Gasteiger partial charge is 0.508 e. The molecule has 0 saturated carbocycles. The molecule has 2 amide bonds. The van der Waals surface area contributed by atoms with Gasteiger partial charge in [-0.15, -0.1) is 0 Å². The van der Waals surface area contributed by atoms with Gasteiger partial charge in [0, 0.05) is 0 Å². The molecule has 7 N–H and O–H groups in total. The van der Waals surface area contributed by atoms with Gasteiger partial charge in [0.05, 0.1) is 12.1 Å². The first-order valence-electron chi connectivity index (χ1n) is 8.58. The van der Waals surface area contributed by atoms with Crippen molar-refractivity contribution in [3.05, 3.63) is 29.8 Å². The summed E-state index contributed by atoms with van der Waals surface area (Å²) in [6.45, 7) is 4.56. The lowest BCUT2D eigenvalue weighted by Crippen LogP contribution is -2.59. The highest BCUT2D eigenvalue weighted by atomic mass is 16.4. The van der Waals surface area contributed by atoms with Crippen LogP contribution in [0.4, 0.5) is 0 Å². The number of hydrogen-bond donors (Lipinski definition) is 6. The molecule has 0 fully saturated rings. The molecule has 9 heteroatoms. The van der Waals surface area contributed by atoms with E-state index in [1.54, 1.807) is 26.0 Å². The summed E-state index contributed by atoms with van der Waals surface area (Å²) in [5.41, 5.74) is 6.56. The lowest BCUT2D eigenvalue weighted by atomic mass is 10.0. The van der Waals surface area contributed by atoms with Gasteiger partial charge in [-0.3, -0.25) is 9.59 Å². The number of nitrogens with two attached hydrogens (primary N) is 1. The number of carbonyl (C=O) groups excluding carboxylic acids is 2. The molecule has 0 bridgehead atoms. The van der Waals surface area contributed by atoms with Crippen molar-refractivity contribution >= 4 is 17.8 Å². The van der Waals surface area contributed by atoms with E-state index < -0.39 is 42.0 Å². The zero-order valence-corrected chi connectivity index (χ0v) is 15.5. The van der Waals surface area contributed by atoms with Crippen molar-refractivity contribution in [1.29, 1.82) is 0 Å². The van der Waals surface area contributed by atoms with E-state index in [-0.39, 0.29) is 18.1 Å². The number of carboxylic acids is 1. The SMILES string of the molecule is CC(C)[C@H](NC(=O)[C@@H](NC(=O)[C@@H](N)Cc1ccc(O)cc1)[C@@H](C)O)C(=O)O. The van der Waals surface area contributed by atoms with Crippen LogP contribution in [0.25, 0.3) is 0 Å². The van der Waals surface area contributed by atoms with Crippen molar-refractivity contribution in [1.82, 2.24) is 10.6 Å². The summed E-state index contributed by atoms with van der Waals surface area (Å²) in [6, 6.07) is 2.66. The van der Waals surface area contributed by atoms with E-state index in [0.717, 1.165) is 0 Å². The minimum absolute atomic E-state index is 0.0840. The summed E-state index contributed by atoms with van der Waals surface area (Å²) in [5.74, 6) is -2.98. The second kappa shape index (κ2) is 9.89. The summed E-state index contributed by atoms with van der Waals surface area (Å²) in [7, 11) is 0. The van der Waals surface area contributed by atoms with Gasteiger partial charge in [0.1, 0.15) is 17.8 Å². The Labute approximate surface area is 157 Å². The second-order valence-electron chi connectivity index (χ2n) is 6.77. The van der Waals surface area contributed by atoms with Gasteiger partial charge in [-0.05, 0) is 37.0 Å². The zero-order chi connectivity index (χ0) is 20.7. The van der Waals surface area contributed by atoms with E-state index in [1.807, 2.05) is 0 Å². The third kappa shape index (κ3) is 6.87. The normalized spacial score (nSPS) is 15.5. The predicted molar refractivity (Wildman–Crippen MR) is 97.8 cm³/mol. The van der Waals surface area contributed by atoms with E-state index >= 15 is 0 Å². The van der Waals surface area contributed by atoms with Crippen LogP contribution in [-0.2, 0) is 20.8 Å². The molecule has 0 spiro atoms. The molecular formula is C18H27N3O6. The molecular weight excluding hydrogens is 354 g/mol. The Morgan fingerprint density at radius 3 is 1.96 bits per heavy atom. The second-order valence-corrected chi connectivity index (χ2v) is 6.77. The number of carboxylic acid groups (broad SMARTS) is 1. The van der Waals surface area contributed by atoms with Crippen LogP contribution in [-0.4, -0.2) is 57.3 Å². The Hall–Kier alpha value is -2.65. The van der Waals surface area contributed by atoms with Crippen LogP contribution in [0.2, 0.25) is 0 Å². The number of carbonyl (C=O) groups is 3. The fraction of sp³-hybridized carbons (Fsp3) is 0.500. The number of hydrogen-bond acceptors (Lipinski definition) is 6. The number of aromatic hydroxyl groups is 1. The average molecular weight is 381 g/mol. The number of benzene rings is 1. The molecule has 0 unspecified atom stereocenters. The molecule has 0 aromatic heterocycles. The molecule has 0 heterocycles. The van der Waals surface area contributed by atoms with Crippen LogP contribution in [0.1, 0.15) is 26.3 Å². The van der Waals surface area contributed by atoms with Crippen molar-refractivity contribution in [2.75, 3.05) is 0 Å². The first-order valence-corrected chi connectivity index (χ1v) is 8.58. The lowest BCUT2D eigenvalue weighted by Gasteiger charge is -2.25. The fourth-order valence-electron chi connectivity index (χ4n) is 2.40. The molecule has 0 aliphatic carbocycles. The molecule has 1 aromatic rings. The molecule has 4 atom stereocenters. The van der Waals surface area contributed by atoms with E-state index in [2.05, 4.69) is 10.6 Å². The summed E-state index contributed by atoms with van der Waals surface area (Å²) >= 11 is 0. The number of phenolic OH excluding ortho intramolecular Hbond substituents is 1. The summed E-state index contributed by atoms with van der Waals surface area (Å²) < 4.78 is 0. The van der Waals surface area contributed by atoms with Crippen molar-refractivity contribution in [3.63, 3.8) is 0 Å². The molecule has 1 rings (SSSR count). The van der Waals surface area contributed by atoms with Crippen LogP contribution in [0.15, 0.2) is 24.3 Å². The van der Waals surface area contributed by atoms with E-state index in [9.17, 15) is 24.6 Å². The van der Waals surface area contributed by atoms with Crippen molar-refractivity contribution in [3.8, 4) is 5.75 Å². The zero-order valence-electron chi connectivity index (χ0n) is 15.5. The van der Waals surface area contributed by atoms with Gasteiger partial charge in [0.2, 0.25) is 11.8 Å². The maximum Gasteiger partial charge on any atom is 0.326 e. The Kier molecular flexibility index (Phi) is 8.20. The van der Waals surface area contributed by atoms with Gasteiger partial charge in [-0.2, -0.15) is 0 Å². The highest BCUT2D eigenvalue weighted by molar-refractivity contribution is 5.92. The van der Waals surface area contributed by atoms with Gasteiger partial charge >= 0.3 is 5.97 Å². The Morgan fingerprint density at radius 2 is 1.52 bits per heavy atom. The molecule has 9 nitrogen and oxygen atoms in total. The quantitative estimate of drug-likeness (QED) is 0.331. The molecule has 0 saturated heterocycles. The van der Waals surface area contributed by atoms with Crippen molar-refractivity contribution in [2.45, 2.75) is 51.4 Å². The smallest absolute Gasteiger partial charge is 0.326 e. The van der Waals surface area contributed by atoms with Gasteiger partial charge < -0.3 is 31.7 Å². The number of rotatable bonds is 9. The van der Waals surface area contributed by atoms with Crippen molar-refractivity contribution in [2.24, 2.45) is 11.7 Å². The van der Waals surface area contributed by atoms with Crippen LogP contribution in [0.3, 0.4) is 0 Å². The molecule has 27 heavy (non-hydrogen) atoms. The summed E-state index contributed by atoms with van der Waals surface area (Å²) in [5, 5.41) is 32.9. The first kappa shape index (κ1) is 22.4. The highest BCUT2D eigenvalue weighted by Crippen LogP contribution is 2.11. The molecule has 150 valence electrons. The number of nitrogens with one attached hydrogen (secondary N) is 2. The number of phenols is 1.